The lowest BCUT2D eigenvalue weighted by molar-refractivity contribution is -0.133. The molecule has 28 heavy (non-hydrogen) atoms. The molecular weight excluding hydrogens is 363 g/mol. The number of esters is 1. The minimum Gasteiger partial charge on any atom is -0.452 e. The van der Waals surface area contributed by atoms with Crippen LogP contribution in [0.15, 0.2) is 59.1 Å². The van der Waals surface area contributed by atoms with E-state index in [4.69, 9.17) is 9.26 Å². The van der Waals surface area contributed by atoms with E-state index in [9.17, 15) is 14.0 Å². The summed E-state index contributed by atoms with van der Waals surface area (Å²) in [5.41, 5.74) is 1.90. The molecule has 2 aromatic carbocycles. The summed E-state index contributed by atoms with van der Waals surface area (Å²) < 4.78 is 23.6. The van der Waals surface area contributed by atoms with Crippen LogP contribution in [0.4, 0.5) is 4.39 Å². The second kappa shape index (κ2) is 8.47. The van der Waals surface area contributed by atoms with E-state index >= 15 is 0 Å². The number of carbonyl (C=O) groups is 2. The van der Waals surface area contributed by atoms with Crippen molar-refractivity contribution in [3.8, 4) is 11.3 Å². The first kappa shape index (κ1) is 19.3. The van der Waals surface area contributed by atoms with Gasteiger partial charge < -0.3 is 14.2 Å². The highest BCUT2D eigenvalue weighted by Gasteiger charge is 2.24. The molecule has 0 aliphatic rings. The molecule has 0 unspecified atom stereocenters. The zero-order valence-electron chi connectivity index (χ0n) is 15.5. The van der Waals surface area contributed by atoms with Gasteiger partial charge in [-0.15, -0.1) is 0 Å². The molecule has 0 saturated heterocycles. The normalized spacial score (nSPS) is 10.5. The Bertz CT molecular complexity index is 985. The maximum absolute atomic E-state index is 13.3. The third kappa shape index (κ3) is 4.43. The summed E-state index contributed by atoms with van der Waals surface area (Å²) in [7, 11) is 1.56. The summed E-state index contributed by atoms with van der Waals surface area (Å²) in [5.74, 6) is -1.16. The van der Waals surface area contributed by atoms with Crippen molar-refractivity contribution in [2.24, 2.45) is 0 Å². The lowest BCUT2D eigenvalue weighted by atomic mass is 10.1. The SMILES string of the molecule is Cc1onc(-c2ccccc2)c1C(=O)OCC(=O)N(C)Cc1cccc(F)c1. The number of nitrogens with zero attached hydrogens (tertiary/aromatic N) is 2. The third-order valence-electron chi connectivity index (χ3n) is 4.18. The van der Waals surface area contributed by atoms with Gasteiger partial charge in [0.05, 0.1) is 0 Å². The molecule has 0 aliphatic heterocycles. The fourth-order valence-electron chi connectivity index (χ4n) is 2.71. The predicted molar refractivity (Wildman–Crippen MR) is 99.8 cm³/mol. The molecule has 6 nitrogen and oxygen atoms in total. The first-order valence-electron chi connectivity index (χ1n) is 8.63. The van der Waals surface area contributed by atoms with E-state index in [0.717, 1.165) is 0 Å². The summed E-state index contributed by atoms with van der Waals surface area (Å²) in [6, 6.07) is 15.0. The van der Waals surface area contributed by atoms with Crippen molar-refractivity contribution in [2.75, 3.05) is 13.7 Å². The van der Waals surface area contributed by atoms with Crippen molar-refractivity contribution < 1.29 is 23.2 Å². The molecule has 3 aromatic rings. The molecule has 0 atom stereocenters. The van der Waals surface area contributed by atoms with Crippen LogP contribution in [-0.2, 0) is 16.1 Å². The van der Waals surface area contributed by atoms with Crippen LogP contribution in [0.5, 0.6) is 0 Å². The Hall–Kier alpha value is -3.48. The van der Waals surface area contributed by atoms with Crippen LogP contribution in [0.1, 0.15) is 21.7 Å². The summed E-state index contributed by atoms with van der Waals surface area (Å²) in [6.45, 7) is 1.37. The molecule has 0 N–H and O–H groups in total. The maximum Gasteiger partial charge on any atom is 0.344 e. The van der Waals surface area contributed by atoms with Gasteiger partial charge in [-0.05, 0) is 24.6 Å². The second-order valence-corrected chi connectivity index (χ2v) is 6.28. The zero-order chi connectivity index (χ0) is 20.1. The van der Waals surface area contributed by atoms with Crippen molar-refractivity contribution in [3.63, 3.8) is 0 Å². The summed E-state index contributed by atoms with van der Waals surface area (Å²) >= 11 is 0. The molecule has 0 radical (unpaired) electrons. The smallest absolute Gasteiger partial charge is 0.344 e. The number of aryl methyl sites for hydroxylation is 1. The van der Waals surface area contributed by atoms with Gasteiger partial charge in [0.25, 0.3) is 5.91 Å². The lowest BCUT2D eigenvalue weighted by Gasteiger charge is -2.17. The van der Waals surface area contributed by atoms with Crippen molar-refractivity contribution in [1.29, 1.82) is 0 Å². The number of rotatable bonds is 6. The molecule has 0 aliphatic carbocycles. The van der Waals surface area contributed by atoms with Crippen LogP contribution in [-0.4, -0.2) is 35.6 Å². The number of hydrogen-bond acceptors (Lipinski definition) is 5. The van der Waals surface area contributed by atoms with E-state index in [1.807, 2.05) is 18.2 Å². The molecule has 1 heterocycles. The van der Waals surface area contributed by atoms with Crippen molar-refractivity contribution in [3.05, 3.63) is 77.3 Å². The first-order chi connectivity index (χ1) is 13.5. The highest BCUT2D eigenvalue weighted by Crippen LogP contribution is 2.25. The summed E-state index contributed by atoms with van der Waals surface area (Å²) in [4.78, 5) is 26.1. The van der Waals surface area contributed by atoms with Crippen molar-refractivity contribution in [2.45, 2.75) is 13.5 Å². The number of aromatic nitrogens is 1. The van der Waals surface area contributed by atoms with Gasteiger partial charge in [0, 0.05) is 19.2 Å². The van der Waals surface area contributed by atoms with E-state index < -0.39 is 18.5 Å². The molecule has 0 spiro atoms. The summed E-state index contributed by atoms with van der Waals surface area (Å²) in [6.07, 6.45) is 0. The van der Waals surface area contributed by atoms with E-state index in [-0.39, 0.29) is 17.9 Å². The number of ether oxygens (including phenoxy) is 1. The Kier molecular flexibility index (Phi) is 5.84. The number of hydrogen-bond donors (Lipinski definition) is 0. The van der Waals surface area contributed by atoms with E-state index in [1.165, 1.54) is 17.0 Å². The van der Waals surface area contributed by atoms with Gasteiger partial charge in [-0.25, -0.2) is 9.18 Å². The van der Waals surface area contributed by atoms with Gasteiger partial charge in [0.2, 0.25) is 0 Å². The van der Waals surface area contributed by atoms with Crippen LogP contribution in [0.2, 0.25) is 0 Å². The molecule has 7 heteroatoms. The lowest BCUT2D eigenvalue weighted by Crippen LogP contribution is -2.31. The van der Waals surface area contributed by atoms with Gasteiger partial charge in [-0.3, -0.25) is 4.79 Å². The van der Waals surface area contributed by atoms with E-state index in [2.05, 4.69) is 5.16 Å². The Balaban J connectivity index is 1.64. The Morgan fingerprint density at radius 1 is 1.14 bits per heavy atom. The average Bonchev–Trinajstić information content (AvgIpc) is 3.08. The minimum atomic E-state index is -0.690. The Labute approximate surface area is 161 Å². The molecular formula is C21H19FN2O4. The molecule has 0 bridgehead atoms. The second-order valence-electron chi connectivity index (χ2n) is 6.28. The molecule has 1 aromatic heterocycles. The largest absolute Gasteiger partial charge is 0.452 e. The first-order valence-corrected chi connectivity index (χ1v) is 8.63. The maximum atomic E-state index is 13.3. The molecule has 144 valence electrons. The number of halogens is 1. The topological polar surface area (TPSA) is 72.6 Å². The Morgan fingerprint density at radius 2 is 1.89 bits per heavy atom. The van der Waals surface area contributed by atoms with E-state index in [0.29, 0.717) is 22.6 Å². The highest BCUT2D eigenvalue weighted by molar-refractivity contribution is 5.98. The number of amides is 1. The van der Waals surface area contributed by atoms with Gasteiger partial charge in [0.1, 0.15) is 22.8 Å². The van der Waals surface area contributed by atoms with Gasteiger partial charge in [0.15, 0.2) is 6.61 Å². The summed E-state index contributed by atoms with van der Waals surface area (Å²) in [5, 5.41) is 3.93. The standard InChI is InChI=1S/C21H19FN2O4/c1-14-19(20(23-28-14)16-8-4-3-5-9-16)21(26)27-13-18(25)24(2)12-15-7-6-10-17(22)11-15/h3-11H,12-13H2,1-2H3. The predicted octanol–water partition coefficient (Wildman–Crippen LogP) is 3.60. The number of carbonyl (C=O) groups excluding carboxylic acids is 2. The molecule has 0 fully saturated rings. The highest BCUT2D eigenvalue weighted by atomic mass is 19.1. The van der Waals surface area contributed by atoms with Crippen LogP contribution in [0.25, 0.3) is 11.3 Å². The van der Waals surface area contributed by atoms with Gasteiger partial charge in [-0.2, -0.15) is 0 Å². The number of likely N-dealkylation sites (N-methyl/N-ethyl adjacent to an activating group) is 1. The van der Waals surface area contributed by atoms with Crippen molar-refractivity contribution >= 4 is 11.9 Å². The van der Waals surface area contributed by atoms with Crippen LogP contribution < -0.4 is 0 Å². The van der Waals surface area contributed by atoms with Crippen molar-refractivity contribution in [1.82, 2.24) is 10.1 Å². The minimum absolute atomic E-state index is 0.187. The van der Waals surface area contributed by atoms with E-state index in [1.54, 1.807) is 38.2 Å². The van der Waals surface area contributed by atoms with Crippen LogP contribution in [0.3, 0.4) is 0 Å². The molecule has 3 rings (SSSR count). The number of benzene rings is 2. The van der Waals surface area contributed by atoms with Crippen LogP contribution >= 0.6 is 0 Å². The van der Waals surface area contributed by atoms with Gasteiger partial charge >= 0.3 is 5.97 Å². The van der Waals surface area contributed by atoms with Gasteiger partial charge in [-0.1, -0.05) is 47.6 Å². The Morgan fingerprint density at radius 3 is 2.61 bits per heavy atom. The fourth-order valence-corrected chi connectivity index (χ4v) is 2.71. The third-order valence-corrected chi connectivity index (χ3v) is 4.18. The molecule has 0 saturated carbocycles. The quantitative estimate of drug-likeness (QED) is 0.609. The molecule has 1 amide bonds. The zero-order valence-corrected chi connectivity index (χ0v) is 15.5. The average molecular weight is 382 g/mol. The van der Waals surface area contributed by atoms with Crippen LogP contribution in [0, 0.1) is 12.7 Å². The fraction of sp³-hybridized carbons (Fsp3) is 0.190. The monoisotopic (exact) mass is 382 g/mol.